The summed E-state index contributed by atoms with van der Waals surface area (Å²) >= 11 is 0. The molecule has 0 bridgehead atoms. The Bertz CT molecular complexity index is 2360. The van der Waals surface area contributed by atoms with E-state index < -0.39 is 0 Å². The maximum absolute atomic E-state index is 6.46. The van der Waals surface area contributed by atoms with Crippen molar-refractivity contribution in [1.29, 1.82) is 0 Å². The Hall–Kier alpha value is -4.47. The molecule has 0 atom stereocenters. The molecule has 0 N–H and O–H groups in total. The Morgan fingerprint density at radius 2 is 1.56 bits per heavy atom. The van der Waals surface area contributed by atoms with Gasteiger partial charge in [0.05, 0.1) is 5.69 Å². The second-order valence-corrected chi connectivity index (χ2v) is 14.8. The minimum Gasteiger partial charge on any atom is -0.509 e. The van der Waals surface area contributed by atoms with Gasteiger partial charge in [0.25, 0.3) is 0 Å². The van der Waals surface area contributed by atoms with E-state index in [1.54, 1.807) is 0 Å². The standard InChI is InChI=1S/C44H44N4O.Pt/c1-27(2)21-32-24-33(44(7,8)9)23-29(4)42(32)43-30(5)46-48(31(43)6)34-13-12-14-35(25-34)49-36-17-18-38-37-15-10-11-16-39(37)47(40(38)26-36)41-22-28(3)19-20-45-41;/h10-20,22-24,27H,21H2,1-9H3;/q-2;+2. The topological polar surface area (TPSA) is 44.9 Å². The van der Waals surface area contributed by atoms with E-state index in [0.717, 1.165) is 56.7 Å². The summed E-state index contributed by atoms with van der Waals surface area (Å²) in [6.07, 6.45) is 2.86. The first-order valence-corrected chi connectivity index (χ1v) is 17.2. The number of fused-ring (bicyclic) bond motifs is 3. The molecule has 0 fully saturated rings. The molecule has 5 nitrogen and oxygen atoms in total. The zero-order valence-electron chi connectivity index (χ0n) is 30.4. The summed E-state index contributed by atoms with van der Waals surface area (Å²) in [6, 6.07) is 34.4. The van der Waals surface area contributed by atoms with Crippen molar-refractivity contribution in [2.24, 2.45) is 5.92 Å². The Kier molecular flexibility index (Phi) is 9.67. The van der Waals surface area contributed by atoms with Crippen molar-refractivity contribution >= 4 is 21.8 Å². The van der Waals surface area contributed by atoms with Crippen LogP contribution < -0.4 is 4.74 Å². The van der Waals surface area contributed by atoms with Crippen LogP contribution in [0.1, 0.15) is 68.3 Å². The molecule has 7 rings (SSSR count). The number of aromatic nitrogens is 4. The fraction of sp³-hybridized carbons (Fsp3) is 0.273. The molecule has 0 aliphatic heterocycles. The minimum absolute atomic E-state index is 0. The smallest absolute Gasteiger partial charge is 0.509 e. The first-order valence-electron chi connectivity index (χ1n) is 17.2. The molecule has 0 unspecified atom stereocenters. The van der Waals surface area contributed by atoms with Gasteiger partial charge < -0.3 is 9.30 Å². The zero-order valence-corrected chi connectivity index (χ0v) is 32.7. The van der Waals surface area contributed by atoms with E-state index in [0.29, 0.717) is 17.4 Å². The van der Waals surface area contributed by atoms with E-state index in [1.807, 2.05) is 41.2 Å². The molecule has 0 saturated heterocycles. The van der Waals surface area contributed by atoms with Gasteiger partial charge in [0.1, 0.15) is 5.82 Å². The predicted octanol–water partition coefficient (Wildman–Crippen LogP) is 11.2. The first kappa shape index (κ1) is 35.4. The van der Waals surface area contributed by atoms with Crippen LogP contribution in [0.4, 0.5) is 0 Å². The number of aryl methyl sites for hydroxylation is 3. The van der Waals surface area contributed by atoms with Gasteiger partial charge in [0.15, 0.2) is 0 Å². The van der Waals surface area contributed by atoms with E-state index in [2.05, 4.69) is 128 Å². The summed E-state index contributed by atoms with van der Waals surface area (Å²) in [5.41, 5.74) is 12.7. The van der Waals surface area contributed by atoms with Gasteiger partial charge in [0.2, 0.25) is 0 Å². The van der Waals surface area contributed by atoms with Crippen molar-refractivity contribution in [2.75, 3.05) is 0 Å². The summed E-state index contributed by atoms with van der Waals surface area (Å²) < 4.78 is 10.6. The number of ether oxygens (including phenoxy) is 1. The first-order chi connectivity index (χ1) is 23.4. The molecule has 0 aliphatic carbocycles. The number of benzene rings is 4. The van der Waals surface area contributed by atoms with Crippen LogP contribution in [0.3, 0.4) is 0 Å². The molecule has 50 heavy (non-hydrogen) atoms. The van der Waals surface area contributed by atoms with E-state index in [-0.39, 0.29) is 26.5 Å². The molecule has 3 heterocycles. The molecule has 0 aliphatic rings. The summed E-state index contributed by atoms with van der Waals surface area (Å²) in [5, 5.41) is 7.32. The van der Waals surface area contributed by atoms with Crippen LogP contribution in [-0.2, 0) is 32.9 Å². The van der Waals surface area contributed by atoms with Crippen LogP contribution >= 0.6 is 0 Å². The number of para-hydroxylation sites is 1. The normalized spacial score (nSPS) is 11.8. The third-order valence-electron chi connectivity index (χ3n) is 9.34. The number of pyridine rings is 1. The van der Waals surface area contributed by atoms with E-state index >= 15 is 0 Å². The second-order valence-electron chi connectivity index (χ2n) is 14.8. The summed E-state index contributed by atoms with van der Waals surface area (Å²) in [4.78, 5) is 4.71. The molecule has 0 amide bonds. The van der Waals surface area contributed by atoms with Crippen molar-refractivity contribution in [2.45, 2.75) is 74.1 Å². The quantitative estimate of drug-likeness (QED) is 0.150. The Balaban J connectivity index is 0.00000432. The maximum atomic E-state index is 6.46. The van der Waals surface area contributed by atoms with Gasteiger partial charge in [-0.25, -0.2) is 4.98 Å². The van der Waals surface area contributed by atoms with Gasteiger partial charge in [-0.2, -0.15) is 17.2 Å². The molecule has 3 aromatic heterocycles. The molecule has 0 spiro atoms. The molecule has 6 heteroatoms. The SMILES string of the molecule is Cc1ccnc(-n2c3[c-]c(Oc4[c-]c(-n5nc(C)c(-c6c(C)cc(C(C)(C)C)cc6CC(C)C)c5C)ccc4)ccc3c3ccccc32)c1.[Pt+2]. The fourth-order valence-electron chi connectivity index (χ4n) is 7.04. The number of rotatable bonds is 7. The molecule has 4 aromatic carbocycles. The van der Waals surface area contributed by atoms with Gasteiger partial charge in [-0.1, -0.05) is 70.5 Å². The van der Waals surface area contributed by atoms with Gasteiger partial charge >= 0.3 is 21.1 Å². The van der Waals surface area contributed by atoms with Crippen LogP contribution in [0.15, 0.2) is 85.1 Å². The summed E-state index contributed by atoms with van der Waals surface area (Å²) in [6.45, 7) is 20.0. The van der Waals surface area contributed by atoms with Gasteiger partial charge in [-0.15, -0.1) is 35.7 Å². The molecular weight excluding hydrogens is 796 g/mol. The van der Waals surface area contributed by atoms with Crippen molar-refractivity contribution in [1.82, 2.24) is 19.3 Å². The van der Waals surface area contributed by atoms with Gasteiger partial charge in [0, 0.05) is 34.5 Å². The van der Waals surface area contributed by atoms with Crippen LogP contribution in [0.5, 0.6) is 11.5 Å². The molecule has 0 saturated carbocycles. The number of nitrogens with zero attached hydrogens (tertiary/aromatic N) is 4. The molecule has 0 radical (unpaired) electrons. The summed E-state index contributed by atoms with van der Waals surface area (Å²) in [5.74, 6) is 2.61. The third-order valence-corrected chi connectivity index (χ3v) is 9.34. The fourth-order valence-corrected chi connectivity index (χ4v) is 7.04. The van der Waals surface area contributed by atoms with Crippen LogP contribution in [0.2, 0.25) is 0 Å². The Labute approximate surface area is 310 Å². The largest absolute Gasteiger partial charge is 2.00 e. The zero-order chi connectivity index (χ0) is 34.6. The van der Waals surface area contributed by atoms with E-state index in [9.17, 15) is 0 Å². The Morgan fingerprint density at radius 3 is 2.30 bits per heavy atom. The van der Waals surface area contributed by atoms with Crippen molar-refractivity contribution in [3.63, 3.8) is 0 Å². The van der Waals surface area contributed by atoms with E-state index in [4.69, 9.17) is 14.8 Å². The minimum atomic E-state index is 0. The van der Waals surface area contributed by atoms with E-state index in [1.165, 1.54) is 27.8 Å². The third kappa shape index (κ3) is 6.56. The van der Waals surface area contributed by atoms with Gasteiger partial charge in [-0.05, 0) is 103 Å². The Morgan fingerprint density at radius 1 is 0.800 bits per heavy atom. The van der Waals surface area contributed by atoms with Crippen molar-refractivity contribution in [3.05, 3.63) is 131 Å². The van der Waals surface area contributed by atoms with Gasteiger partial charge in [-0.3, -0.25) is 4.68 Å². The van der Waals surface area contributed by atoms with Crippen LogP contribution in [0, 0.1) is 45.7 Å². The monoisotopic (exact) mass is 839 g/mol. The van der Waals surface area contributed by atoms with Crippen molar-refractivity contribution < 1.29 is 25.8 Å². The molecule has 256 valence electrons. The second kappa shape index (κ2) is 13.7. The maximum Gasteiger partial charge on any atom is 2.00 e. The summed E-state index contributed by atoms with van der Waals surface area (Å²) in [7, 11) is 0. The van der Waals surface area contributed by atoms with Crippen LogP contribution in [-0.4, -0.2) is 19.3 Å². The molecular formula is C44H44N4OPt. The average molecular weight is 840 g/mol. The van der Waals surface area contributed by atoms with Crippen LogP contribution in [0.25, 0.3) is 44.4 Å². The molecule has 7 aromatic rings. The number of hydrogen-bond donors (Lipinski definition) is 0. The average Bonchev–Trinajstić information content (AvgIpc) is 3.53. The predicted molar refractivity (Wildman–Crippen MR) is 202 cm³/mol. The number of hydrogen-bond acceptors (Lipinski definition) is 3. The van der Waals surface area contributed by atoms with Crippen molar-refractivity contribution in [3.8, 4) is 34.1 Å².